The Bertz CT molecular complexity index is 1410. The minimum atomic E-state index is -1.97. The number of allylic oxidation sites excluding steroid dienone is 1. The Kier molecular flexibility index (Phi) is 35.9. The number of aliphatic hydroxyl groups is 11. The smallest absolute Gasteiger partial charge is 0.220 e. The van der Waals surface area contributed by atoms with Crippen molar-refractivity contribution >= 4 is 5.91 Å². The summed E-state index contributed by atoms with van der Waals surface area (Å²) in [7, 11) is 0. The summed E-state index contributed by atoms with van der Waals surface area (Å²) in [6, 6.07) is -0.964. The molecule has 436 valence electrons. The molecule has 0 aromatic heterocycles. The molecule has 3 fully saturated rings. The molecule has 74 heavy (non-hydrogen) atoms. The first kappa shape index (κ1) is 66.8. The van der Waals surface area contributed by atoms with E-state index < -0.39 is 124 Å². The van der Waals surface area contributed by atoms with Crippen LogP contribution in [0.25, 0.3) is 0 Å². The van der Waals surface area contributed by atoms with Crippen LogP contribution in [-0.2, 0) is 33.2 Å². The maximum Gasteiger partial charge on any atom is 0.220 e. The third-order valence-electron chi connectivity index (χ3n) is 14.8. The van der Waals surface area contributed by atoms with E-state index in [1.165, 1.54) is 116 Å². The summed E-state index contributed by atoms with van der Waals surface area (Å²) in [5, 5.41) is 120. The van der Waals surface area contributed by atoms with Crippen molar-refractivity contribution in [3.63, 3.8) is 0 Å². The highest BCUT2D eigenvalue weighted by Gasteiger charge is 2.53. The number of amides is 1. The van der Waals surface area contributed by atoms with Gasteiger partial charge in [0.2, 0.25) is 5.91 Å². The highest BCUT2D eigenvalue weighted by molar-refractivity contribution is 5.76. The van der Waals surface area contributed by atoms with E-state index in [0.717, 1.165) is 57.8 Å². The molecule has 0 bridgehead atoms. The van der Waals surface area contributed by atoms with Crippen molar-refractivity contribution in [1.29, 1.82) is 0 Å². The zero-order chi connectivity index (χ0) is 54.1. The number of nitrogens with one attached hydrogen (secondary N) is 1. The number of hydrogen-bond acceptors (Lipinski definition) is 18. The molecule has 3 rings (SSSR count). The van der Waals surface area contributed by atoms with Gasteiger partial charge in [-0.15, -0.1) is 0 Å². The zero-order valence-electron chi connectivity index (χ0n) is 45.1. The fraction of sp³-hybridized carbons (Fsp3) is 0.945. The topological polar surface area (TPSA) is 307 Å². The van der Waals surface area contributed by atoms with Crippen molar-refractivity contribution in [2.75, 3.05) is 26.4 Å². The van der Waals surface area contributed by atoms with Gasteiger partial charge in [-0.3, -0.25) is 4.79 Å². The largest absolute Gasteiger partial charge is 0.394 e. The lowest BCUT2D eigenvalue weighted by Crippen LogP contribution is -2.66. The summed E-state index contributed by atoms with van der Waals surface area (Å²) in [5.74, 6) is -0.277. The van der Waals surface area contributed by atoms with Crippen LogP contribution in [0.3, 0.4) is 0 Å². The van der Waals surface area contributed by atoms with Gasteiger partial charge in [-0.05, 0) is 19.3 Å². The van der Waals surface area contributed by atoms with E-state index in [4.69, 9.17) is 28.4 Å². The van der Waals surface area contributed by atoms with Crippen LogP contribution in [-0.4, -0.2) is 193 Å². The van der Waals surface area contributed by atoms with Crippen molar-refractivity contribution < 1.29 is 89.4 Å². The monoisotopic (exact) mass is 1070 g/mol. The van der Waals surface area contributed by atoms with Crippen LogP contribution in [0.2, 0.25) is 0 Å². The molecule has 17 unspecified atom stereocenters. The highest BCUT2D eigenvalue weighted by Crippen LogP contribution is 2.33. The van der Waals surface area contributed by atoms with E-state index in [2.05, 4.69) is 19.2 Å². The molecule has 12 N–H and O–H groups in total. The molecule has 0 saturated carbocycles. The predicted octanol–water partition coefficient (Wildman–Crippen LogP) is 4.21. The first-order chi connectivity index (χ1) is 35.8. The first-order valence-corrected chi connectivity index (χ1v) is 28.9. The van der Waals surface area contributed by atoms with Crippen LogP contribution in [0.15, 0.2) is 12.2 Å². The Hall–Kier alpha value is -1.47. The van der Waals surface area contributed by atoms with E-state index in [0.29, 0.717) is 6.42 Å². The standard InChI is InChI=1S/C55H103NO18/c1-3-5-7-9-11-12-13-14-15-16-17-18-19-20-21-22-23-24-25-27-29-31-33-43(61)56-38(39(60)32-30-28-26-10-8-6-4-2)37-69-53-49(67)46(64)51(41(35-58)71-53)74-55-50(68)47(65)52(42(36-59)72-55)73-54-48(66)45(63)44(62)40(34-57)70-54/h30,32,38-42,44-55,57-60,62-68H,3-29,31,33-37H2,1-2H3,(H,56,61)/b32-30+. The molecule has 19 nitrogen and oxygen atoms in total. The minimum Gasteiger partial charge on any atom is -0.394 e. The molecule has 0 aliphatic carbocycles. The molecule has 3 heterocycles. The van der Waals surface area contributed by atoms with Gasteiger partial charge in [0, 0.05) is 6.42 Å². The summed E-state index contributed by atoms with van der Waals surface area (Å²) in [6.45, 7) is 1.65. The Labute approximate surface area is 442 Å². The van der Waals surface area contributed by atoms with E-state index in [9.17, 15) is 61.0 Å². The highest BCUT2D eigenvalue weighted by atomic mass is 16.8. The van der Waals surface area contributed by atoms with E-state index in [1.807, 2.05) is 6.08 Å². The molecular weight excluding hydrogens is 963 g/mol. The number of rotatable bonds is 42. The van der Waals surface area contributed by atoms with E-state index in [1.54, 1.807) is 6.08 Å². The molecule has 3 aliphatic rings. The number of aliphatic hydroxyl groups excluding tert-OH is 11. The van der Waals surface area contributed by atoms with E-state index in [-0.39, 0.29) is 18.9 Å². The molecule has 0 aromatic carbocycles. The Morgan fingerprint density at radius 3 is 1.27 bits per heavy atom. The van der Waals surface area contributed by atoms with Crippen LogP contribution in [0.4, 0.5) is 0 Å². The number of carbonyl (C=O) groups is 1. The summed E-state index contributed by atoms with van der Waals surface area (Å²) in [4.78, 5) is 13.2. The van der Waals surface area contributed by atoms with Crippen LogP contribution >= 0.6 is 0 Å². The summed E-state index contributed by atoms with van der Waals surface area (Å²) < 4.78 is 34.1. The van der Waals surface area contributed by atoms with Gasteiger partial charge in [-0.2, -0.15) is 0 Å². The van der Waals surface area contributed by atoms with Gasteiger partial charge in [-0.25, -0.2) is 0 Å². The van der Waals surface area contributed by atoms with Crippen LogP contribution < -0.4 is 5.32 Å². The lowest BCUT2D eigenvalue weighted by molar-refractivity contribution is -0.379. The second-order valence-corrected chi connectivity index (χ2v) is 21.1. The predicted molar refractivity (Wildman–Crippen MR) is 277 cm³/mol. The third kappa shape index (κ3) is 24.3. The summed E-state index contributed by atoms with van der Waals surface area (Å²) >= 11 is 0. The SMILES string of the molecule is CCCCCCC/C=C/C(O)C(COC1OC(CO)C(OC2OC(CO)C(OC3OC(CO)C(O)C(O)C3O)C(O)C2O)C(O)C1O)NC(=O)CCCCCCCCCCCCCCCCCCCCCCCC. The zero-order valence-corrected chi connectivity index (χ0v) is 45.1. The maximum absolute atomic E-state index is 13.2. The molecule has 3 aliphatic heterocycles. The van der Waals surface area contributed by atoms with Gasteiger partial charge in [0.1, 0.15) is 73.2 Å². The Balaban J connectivity index is 1.43. The maximum atomic E-state index is 13.2. The first-order valence-electron chi connectivity index (χ1n) is 28.9. The summed E-state index contributed by atoms with van der Waals surface area (Å²) in [5.41, 5.74) is 0. The van der Waals surface area contributed by atoms with Gasteiger partial charge >= 0.3 is 0 Å². The number of ether oxygens (including phenoxy) is 6. The fourth-order valence-electron chi connectivity index (χ4n) is 10.0. The van der Waals surface area contributed by atoms with Crippen LogP contribution in [0.5, 0.6) is 0 Å². The number of carbonyl (C=O) groups excluding carboxylic acids is 1. The van der Waals surface area contributed by atoms with Gasteiger partial charge in [0.25, 0.3) is 0 Å². The second-order valence-electron chi connectivity index (χ2n) is 21.1. The molecular formula is C55H103NO18. The molecule has 0 spiro atoms. The second kappa shape index (κ2) is 39.8. The number of hydrogen-bond donors (Lipinski definition) is 12. The fourth-order valence-corrected chi connectivity index (χ4v) is 10.0. The van der Waals surface area contributed by atoms with Gasteiger partial charge in [0.05, 0.1) is 38.6 Å². The summed E-state index contributed by atoms with van der Waals surface area (Å²) in [6.07, 6.45) is 11.1. The van der Waals surface area contributed by atoms with Crippen molar-refractivity contribution in [1.82, 2.24) is 5.32 Å². The lowest BCUT2D eigenvalue weighted by Gasteiger charge is -2.48. The third-order valence-corrected chi connectivity index (χ3v) is 14.8. The van der Waals surface area contributed by atoms with Crippen LogP contribution in [0, 0.1) is 0 Å². The van der Waals surface area contributed by atoms with Crippen LogP contribution in [0.1, 0.15) is 200 Å². The van der Waals surface area contributed by atoms with Gasteiger partial charge in [-0.1, -0.05) is 187 Å². The molecule has 19 heteroatoms. The van der Waals surface area contributed by atoms with Crippen molar-refractivity contribution in [2.24, 2.45) is 0 Å². The quantitative estimate of drug-likeness (QED) is 0.0301. The van der Waals surface area contributed by atoms with Crippen molar-refractivity contribution in [2.45, 2.75) is 304 Å². The average Bonchev–Trinajstić information content (AvgIpc) is 3.40. The molecule has 1 amide bonds. The average molecular weight is 1070 g/mol. The minimum absolute atomic E-state index is 0.248. The van der Waals surface area contributed by atoms with E-state index >= 15 is 0 Å². The lowest BCUT2D eigenvalue weighted by atomic mass is 9.96. The Morgan fingerprint density at radius 1 is 0.473 bits per heavy atom. The number of unbranched alkanes of at least 4 members (excludes halogenated alkanes) is 26. The van der Waals surface area contributed by atoms with Crippen molar-refractivity contribution in [3.05, 3.63) is 12.2 Å². The van der Waals surface area contributed by atoms with Gasteiger partial charge < -0.3 is 89.9 Å². The molecule has 3 saturated heterocycles. The Morgan fingerprint density at radius 2 is 0.838 bits per heavy atom. The van der Waals surface area contributed by atoms with Crippen molar-refractivity contribution in [3.8, 4) is 0 Å². The molecule has 0 aromatic rings. The molecule has 0 radical (unpaired) electrons. The molecule has 17 atom stereocenters. The normalized spacial score (nSPS) is 31.5. The van der Waals surface area contributed by atoms with Gasteiger partial charge in [0.15, 0.2) is 18.9 Å².